The predicted octanol–water partition coefficient (Wildman–Crippen LogP) is 3.09. The van der Waals surface area contributed by atoms with E-state index >= 15 is 0 Å². The van der Waals surface area contributed by atoms with E-state index in [0.29, 0.717) is 11.9 Å². The number of alkyl halides is 3. The number of aryl methyl sites for hydroxylation is 1. The summed E-state index contributed by atoms with van der Waals surface area (Å²) in [5, 5.41) is -0.606. The van der Waals surface area contributed by atoms with Gasteiger partial charge in [0.25, 0.3) is 5.56 Å². The minimum atomic E-state index is -5.30. The normalized spacial score (nSPS) is 11.4. The molecule has 0 bridgehead atoms. The number of esters is 1. The van der Waals surface area contributed by atoms with Gasteiger partial charge in [-0.2, -0.15) is 18.2 Å². The number of benzene rings is 1. The molecule has 3 aromatic rings. The van der Waals surface area contributed by atoms with Crippen LogP contribution in [-0.4, -0.2) is 31.7 Å². The maximum Gasteiger partial charge on any atom is 0.490 e. The third-order valence-corrected chi connectivity index (χ3v) is 4.78. The molecule has 0 aliphatic carbocycles. The molecule has 1 aromatic carbocycles. The van der Waals surface area contributed by atoms with Crippen LogP contribution in [0.4, 0.5) is 27.8 Å². The van der Waals surface area contributed by atoms with E-state index in [1.165, 1.54) is 6.20 Å². The topological polar surface area (TPSA) is 122 Å². The number of nitrogens with zero attached hydrogens (tertiary/aromatic N) is 4. The Hall–Kier alpha value is -3.81. The number of carbonyl (C=O) groups is 1. The molecule has 0 spiro atoms. The zero-order valence-electron chi connectivity index (χ0n) is 17.7. The van der Waals surface area contributed by atoms with Crippen molar-refractivity contribution >= 4 is 23.4 Å². The largest absolute Gasteiger partial charge is 0.490 e. The molecule has 0 atom stereocenters. The summed E-state index contributed by atoms with van der Waals surface area (Å²) >= 11 is 6.04. The zero-order chi connectivity index (χ0) is 25.9. The standard InChI is InChI=1S/C20H15ClF5N5O4/c1-9-28-5-11(16(27)29-9)6-31-14(8-35-19(33)20(24,25)26)30-17(15(21)18(31)32)34-7-10-2-3-12(22)4-13(10)23/h2-5H,6-8H2,1H3,(H2,27,28,29). The summed E-state index contributed by atoms with van der Waals surface area (Å²) in [6.45, 7) is -0.478. The molecule has 0 saturated carbocycles. The fourth-order valence-electron chi connectivity index (χ4n) is 2.72. The monoisotopic (exact) mass is 519 g/mol. The highest BCUT2D eigenvalue weighted by Gasteiger charge is 2.41. The second-order valence-electron chi connectivity index (χ2n) is 6.96. The predicted molar refractivity (Wildman–Crippen MR) is 110 cm³/mol. The molecule has 0 unspecified atom stereocenters. The van der Waals surface area contributed by atoms with Crippen LogP contribution in [0.3, 0.4) is 0 Å². The Kier molecular flexibility index (Phi) is 7.53. The van der Waals surface area contributed by atoms with Crippen molar-refractivity contribution in [3.63, 3.8) is 0 Å². The van der Waals surface area contributed by atoms with Gasteiger partial charge in [-0.05, 0) is 19.1 Å². The summed E-state index contributed by atoms with van der Waals surface area (Å²) in [4.78, 5) is 35.8. The van der Waals surface area contributed by atoms with Crippen molar-refractivity contribution < 1.29 is 36.2 Å². The van der Waals surface area contributed by atoms with Gasteiger partial charge in [-0.3, -0.25) is 9.36 Å². The first-order valence-electron chi connectivity index (χ1n) is 9.54. The third-order valence-electron chi connectivity index (χ3n) is 4.45. The van der Waals surface area contributed by atoms with Crippen LogP contribution in [0.5, 0.6) is 5.88 Å². The lowest BCUT2D eigenvalue weighted by molar-refractivity contribution is -0.201. The second-order valence-corrected chi connectivity index (χ2v) is 7.34. The van der Waals surface area contributed by atoms with Crippen molar-refractivity contribution in [1.29, 1.82) is 0 Å². The van der Waals surface area contributed by atoms with Crippen molar-refractivity contribution in [2.75, 3.05) is 5.73 Å². The van der Waals surface area contributed by atoms with Gasteiger partial charge in [-0.1, -0.05) is 11.6 Å². The molecule has 0 radical (unpaired) electrons. The Bertz CT molecular complexity index is 1330. The minimum Gasteiger partial charge on any atom is -0.471 e. The molecule has 2 aromatic heterocycles. The number of nitrogen functional groups attached to an aromatic ring is 1. The Balaban J connectivity index is 1.98. The number of hydrogen-bond donors (Lipinski definition) is 1. The lowest BCUT2D eigenvalue weighted by Gasteiger charge is -2.16. The Morgan fingerprint density at radius 1 is 1.17 bits per heavy atom. The van der Waals surface area contributed by atoms with Crippen LogP contribution in [0.1, 0.15) is 22.8 Å². The fourth-order valence-corrected chi connectivity index (χ4v) is 2.92. The van der Waals surface area contributed by atoms with Crippen molar-refractivity contribution in [3.05, 3.63) is 74.2 Å². The molecular weight excluding hydrogens is 505 g/mol. The first-order valence-corrected chi connectivity index (χ1v) is 9.92. The van der Waals surface area contributed by atoms with Crippen molar-refractivity contribution in [2.24, 2.45) is 0 Å². The average molecular weight is 520 g/mol. The van der Waals surface area contributed by atoms with E-state index in [2.05, 4.69) is 19.7 Å². The van der Waals surface area contributed by atoms with Gasteiger partial charge in [0.2, 0.25) is 5.88 Å². The highest BCUT2D eigenvalue weighted by atomic mass is 35.5. The van der Waals surface area contributed by atoms with Crippen molar-refractivity contribution in [2.45, 2.75) is 32.9 Å². The van der Waals surface area contributed by atoms with Gasteiger partial charge in [0.1, 0.15) is 36.5 Å². The first-order chi connectivity index (χ1) is 16.4. The molecule has 0 amide bonds. The molecule has 0 aliphatic heterocycles. The van der Waals surface area contributed by atoms with Gasteiger partial charge in [0.05, 0.1) is 6.54 Å². The molecule has 0 fully saturated rings. The van der Waals surface area contributed by atoms with Gasteiger partial charge in [0.15, 0.2) is 10.8 Å². The third kappa shape index (κ3) is 6.20. The highest BCUT2D eigenvalue weighted by molar-refractivity contribution is 6.31. The summed E-state index contributed by atoms with van der Waals surface area (Å²) in [7, 11) is 0. The van der Waals surface area contributed by atoms with E-state index in [0.717, 1.165) is 16.7 Å². The second kappa shape index (κ2) is 10.2. The minimum absolute atomic E-state index is 0.0223. The Labute approximate surface area is 198 Å². The number of aromatic nitrogens is 4. The quantitative estimate of drug-likeness (QED) is 0.373. The van der Waals surface area contributed by atoms with E-state index < -0.39 is 59.3 Å². The zero-order valence-corrected chi connectivity index (χ0v) is 18.5. The number of ether oxygens (including phenoxy) is 2. The van der Waals surface area contributed by atoms with E-state index in [-0.39, 0.29) is 23.5 Å². The molecule has 0 saturated heterocycles. The smallest absolute Gasteiger partial charge is 0.471 e. The molecule has 2 N–H and O–H groups in total. The highest BCUT2D eigenvalue weighted by Crippen LogP contribution is 2.23. The van der Waals surface area contributed by atoms with Crippen molar-refractivity contribution in [1.82, 2.24) is 19.5 Å². The van der Waals surface area contributed by atoms with Crippen LogP contribution in [0, 0.1) is 18.6 Å². The molecule has 186 valence electrons. The van der Waals surface area contributed by atoms with Crippen LogP contribution >= 0.6 is 11.6 Å². The summed E-state index contributed by atoms with van der Waals surface area (Å²) in [6, 6.07) is 2.64. The maximum absolute atomic E-state index is 13.9. The number of anilines is 1. The average Bonchev–Trinajstić information content (AvgIpc) is 2.77. The number of halogens is 6. The van der Waals surface area contributed by atoms with Gasteiger partial charge in [-0.15, -0.1) is 0 Å². The summed E-state index contributed by atoms with van der Waals surface area (Å²) in [5.74, 6) is -5.09. The van der Waals surface area contributed by atoms with Crippen LogP contribution in [0.15, 0.2) is 29.2 Å². The molecular formula is C20H15ClF5N5O4. The Morgan fingerprint density at radius 2 is 1.89 bits per heavy atom. The summed E-state index contributed by atoms with van der Waals surface area (Å²) in [6.07, 6.45) is -4.02. The molecule has 35 heavy (non-hydrogen) atoms. The van der Waals surface area contributed by atoms with Crippen molar-refractivity contribution in [3.8, 4) is 5.88 Å². The van der Waals surface area contributed by atoms with Crippen LogP contribution in [0.25, 0.3) is 0 Å². The molecule has 15 heteroatoms. The van der Waals surface area contributed by atoms with Crippen LogP contribution in [-0.2, 0) is 29.3 Å². The number of rotatable bonds is 7. The molecule has 3 rings (SSSR count). The van der Waals surface area contributed by atoms with Gasteiger partial charge >= 0.3 is 12.1 Å². The molecule has 2 heterocycles. The number of carbonyl (C=O) groups excluding carboxylic acids is 1. The lowest BCUT2D eigenvalue weighted by atomic mass is 10.2. The van der Waals surface area contributed by atoms with Crippen LogP contribution < -0.4 is 16.0 Å². The van der Waals surface area contributed by atoms with Gasteiger partial charge in [-0.25, -0.2) is 23.5 Å². The van der Waals surface area contributed by atoms with Gasteiger partial charge < -0.3 is 15.2 Å². The number of nitrogens with two attached hydrogens (primary N) is 1. The lowest BCUT2D eigenvalue weighted by Crippen LogP contribution is -2.30. The summed E-state index contributed by atoms with van der Waals surface area (Å²) in [5.41, 5.74) is 4.89. The van der Waals surface area contributed by atoms with Gasteiger partial charge in [0, 0.05) is 23.4 Å². The number of hydrogen-bond acceptors (Lipinski definition) is 8. The SMILES string of the molecule is Cc1ncc(Cn2c(COC(=O)C(F)(F)F)nc(OCc3ccc(F)cc3F)c(Cl)c2=O)c(N)n1. The van der Waals surface area contributed by atoms with Crippen LogP contribution in [0.2, 0.25) is 5.02 Å². The maximum atomic E-state index is 13.9. The summed E-state index contributed by atoms with van der Waals surface area (Å²) < 4.78 is 75.0. The van der Waals surface area contributed by atoms with E-state index in [1.54, 1.807) is 6.92 Å². The van der Waals surface area contributed by atoms with E-state index in [1.807, 2.05) is 0 Å². The molecule has 0 aliphatic rings. The fraction of sp³-hybridized carbons (Fsp3) is 0.250. The Morgan fingerprint density at radius 3 is 2.51 bits per heavy atom. The van der Waals surface area contributed by atoms with E-state index in [9.17, 15) is 31.5 Å². The van der Waals surface area contributed by atoms with E-state index in [4.69, 9.17) is 22.1 Å². The molecule has 9 nitrogen and oxygen atoms in total. The first kappa shape index (κ1) is 25.8.